The van der Waals surface area contributed by atoms with Crippen molar-refractivity contribution in [2.45, 2.75) is 12.0 Å². The number of carbonyl (C=O) groups excluding carboxylic acids is 2. The van der Waals surface area contributed by atoms with Gasteiger partial charge in [0.1, 0.15) is 5.60 Å². The number of benzene rings is 2. The summed E-state index contributed by atoms with van der Waals surface area (Å²) in [6.07, 6.45) is -0.992. The number of nitrogens with two attached hydrogens (primary N) is 1. The van der Waals surface area contributed by atoms with Gasteiger partial charge in [-0.2, -0.15) is 0 Å². The lowest BCUT2D eigenvalue weighted by atomic mass is 9.83. The summed E-state index contributed by atoms with van der Waals surface area (Å²) in [5.41, 5.74) is 6.33. The molecule has 0 atom stereocenters. The first kappa shape index (κ1) is 20.2. The molecule has 0 bridgehead atoms. The van der Waals surface area contributed by atoms with Gasteiger partial charge in [-0.15, -0.1) is 0 Å². The van der Waals surface area contributed by atoms with Crippen LogP contribution in [0.2, 0.25) is 0 Å². The monoisotopic (exact) mass is 373 g/mol. The largest absolute Gasteiger partial charge is 0.453 e. The first-order valence-corrected chi connectivity index (χ1v) is 8.26. The summed E-state index contributed by atoms with van der Waals surface area (Å²) in [7, 11) is 2.54. The molecule has 0 saturated heterocycles. The zero-order chi connectivity index (χ0) is 19.9. The summed E-state index contributed by atoms with van der Waals surface area (Å²) in [5.74, 6) is 0. The molecule has 0 aliphatic rings. The lowest BCUT2D eigenvalue weighted by Gasteiger charge is -2.30. The third kappa shape index (κ3) is 4.96. The molecule has 0 heterocycles. The van der Waals surface area contributed by atoms with Crippen LogP contribution in [0.3, 0.4) is 0 Å². The summed E-state index contributed by atoms with van der Waals surface area (Å²) >= 11 is 0. The zero-order valence-corrected chi connectivity index (χ0v) is 15.2. The van der Waals surface area contributed by atoms with Crippen LogP contribution in [0.25, 0.3) is 0 Å². The molecular weight excluding hydrogens is 350 g/mol. The standard InChI is InChI=1S/C19H23N3O5/c1-26-17(23)21-15-7-3-5-13(11-15)19(25,9-10-20)14-6-4-8-16(12-14)22-18(24)27-2/h3-8,11-12,25H,9-10,20H2,1-2H3,(H,21,23)(H,22,24). The molecule has 2 amide bonds. The molecule has 0 aliphatic carbocycles. The van der Waals surface area contributed by atoms with Gasteiger partial charge in [0.15, 0.2) is 0 Å². The lowest BCUT2D eigenvalue weighted by molar-refractivity contribution is 0.0738. The Labute approximate surface area is 157 Å². The molecule has 0 spiro atoms. The van der Waals surface area contributed by atoms with E-state index < -0.39 is 17.8 Å². The van der Waals surface area contributed by atoms with Gasteiger partial charge < -0.3 is 20.3 Å². The maximum atomic E-state index is 11.4. The molecule has 2 aromatic rings. The Morgan fingerprint density at radius 2 is 1.41 bits per heavy atom. The van der Waals surface area contributed by atoms with Crippen molar-refractivity contribution < 1.29 is 24.2 Å². The third-order valence-electron chi connectivity index (χ3n) is 4.05. The Hall–Kier alpha value is -3.10. The highest BCUT2D eigenvalue weighted by molar-refractivity contribution is 5.85. The van der Waals surface area contributed by atoms with Gasteiger partial charge in [-0.3, -0.25) is 10.6 Å². The van der Waals surface area contributed by atoms with Gasteiger partial charge in [-0.1, -0.05) is 24.3 Å². The van der Waals surface area contributed by atoms with Gasteiger partial charge in [0.05, 0.1) is 14.2 Å². The average molecular weight is 373 g/mol. The minimum atomic E-state index is -1.42. The van der Waals surface area contributed by atoms with Crippen molar-refractivity contribution in [3.63, 3.8) is 0 Å². The zero-order valence-electron chi connectivity index (χ0n) is 15.2. The number of nitrogens with one attached hydrogen (secondary N) is 2. The maximum Gasteiger partial charge on any atom is 0.411 e. The first-order chi connectivity index (χ1) is 12.9. The Kier molecular flexibility index (Phi) is 6.75. The van der Waals surface area contributed by atoms with E-state index in [1.165, 1.54) is 14.2 Å². The Balaban J connectivity index is 2.43. The highest BCUT2D eigenvalue weighted by atomic mass is 16.5. The van der Waals surface area contributed by atoms with E-state index in [0.717, 1.165) is 0 Å². The van der Waals surface area contributed by atoms with Crippen LogP contribution in [0.1, 0.15) is 17.5 Å². The molecule has 0 unspecified atom stereocenters. The van der Waals surface area contributed by atoms with Crippen LogP contribution in [0, 0.1) is 0 Å². The molecule has 2 rings (SSSR count). The number of amides is 2. The Morgan fingerprint density at radius 3 is 1.78 bits per heavy atom. The van der Waals surface area contributed by atoms with Crippen molar-refractivity contribution in [2.75, 3.05) is 31.4 Å². The second-order valence-electron chi connectivity index (χ2n) is 5.79. The van der Waals surface area contributed by atoms with E-state index in [9.17, 15) is 14.7 Å². The molecule has 5 N–H and O–H groups in total. The number of ether oxygens (including phenoxy) is 2. The average Bonchev–Trinajstić information content (AvgIpc) is 2.68. The van der Waals surface area contributed by atoms with Gasteiger partial charge in [-0.05, 0) is 48.4 Å². The molecule has 0 aromatic heterocycles. The van der Waals surface area contributed by atoms with Gasteiger partial charge in [0.25, 0.3) is 0 Å². The van der Waals surface area contributed by atoms with Crippen molar-refractivity contribution in [3.8, 4) is 0 Å². The number of methoxy groups -OCH3 is 2. The van der Waals surface area contributed by atoms with Crippen molar-refractivity contribution in [1.29, 1.82) is 0 Å². The molecule has 0 saturated carbocycles. The van der Waals surface area contributed by atoms with Gasteiger partial charge >= 0.3 is 12.2 Å². The predicted octanol–water partition coefficient (Wildman–Crippen LogP) is 2.63. The highest BCUT2D eigenvalue weighted by Crippen LogP contribution is 2.35. The molecule has 0 radical (unpaired) electrons. The Bertz CT molecular complexity index is 748. The smallest absolute Gasteiger partial charge is 0.411 e. The normalized spacial score (nSPS) is 10.8. The maximum absolute atomic E-state index is 11.4. The van der Waals surface area contributed by atoms with Crippen molar-refractivity contribution in [1.82, 2.24) is 0 Å². The van der Waals surface area contributed by atoms with E-state index in [1.54, 1.807) is 48.5 Å². The summed E-state index contributed by atoms with van der Waals surface area (Å²) in [4.78, 5) is 22.9. The molecule has 2 aromatic carbocycles. The number of anilines is 2. The van der Waals surface area contributed by atoms with E-state index in [4.69, 9.17) is 5.73 Å². The fraction of sp³-hybridized carbons (Fsp3) is 0.263. The lowest BCUT2D eigenvalue weighted by Crippen LogP contribution is -2.30. The highest BCUT2D eigenvalue weighted by Gasteiger charge is 2.31. The summed E-state index contributed by atoms with van der Waals surface area (Å²) in [6.45, 7) is 0.222. The number of hydrogen-bond donors (Lipinski definition) is 4. The van der Waals surface area contributed by atoms with Gasteiger partial charge in [0.2, 0.25) is 0 Å². The fourth-order valence-electron chi connectivity index (χ4n) is 2.71. The first-order valence-electron chi connectivity index (χ1n) is 8.26. The molecule has 8 nitrogen and oxygen atoms in total. The van der Waals surface area contributed by atoms with E-state index in [2.05, 4.69) is 20.1 Å². The summed E-state index contributed by atoms with van der Waals surface area (Å²) in [5, 5.41) is 16.5. The van der Waals surface area contributed by atoms with Crippen LogP contribution in [0.15, 0.2) is 48.5 Å². The van der Waals surface area contributed by atoms with Crippen LogP contribution in [-0.4, -0.2) is 38.1 Å². The fourth-order valence-corrected chi connectivity index (χ4v) is 2.71. The quantitative estimate of drug-likeness (QED) is 0.617. The SMILES string of the molecule is COC(=O)Nc1cccc(C(O)(CCN)c2cccc(NC(=O)OC)c2)c1. The molecule has 0 fully saturated rings. The van der Waals surface area contributed by atoms with E-state index in [1.807, 2.05) is 0 Å². The van der Waals surface area contributed by atoms with Crippen LogP contribution in [0.4, 0.5) is 21.0 Å². The molecule has 8 heteroatoms. The van der Waals surface area contributed by atoms with E-state index in [0.29, 0.717) is 22.5 Å². The molecule has 27 heavy (non-hydrogen) atoms. The number of hydrogen-bond acceptors (Lipinski definition) is 6. The number of rotatable bonds is 6. The molecular formula is C19H23N3O5. The van der Waals surface area contributed by atoms with Crippen LogP contribution in [0.5, 0.6) is 0 Å². The molecule has 144 valence electrons. The van der Waals surface area contributed by atoms with Crippen LogP contribution < -0.4 is 16.4 Å². The minimum absolute atomic E-state index is 0.222. The van der Waals surface area contributed by atoms with Crippen molar-refractivity contribution in [3.05, 3.63) is 59.7 Å². The summed E-state index contributed by atoms with van der Waals surface area (Å²) in [6, 6.07) is 13.5. The van der Waals surface area contributed by atoms with E-state index >= 15 is 0 Å². The second kappa shape index (κ2) is 9.02. The van der Waals surface area contributed by atoms with Crippen LogP contribution in [-0.2, 0) is 15.1 Å². The molecule has 0 aliphatic heterocycles. The van der Waals surface area contributed by atoms with Gasteiger partial charge in [0, 0.05) is 11.4 Å². The Morgan fingerprint density at radius 1 is 0.963 bits per heavy atom. The summed E-state index contributed by atoms with van der Waals surface area (Å²) < 4.78 is 9.18. The number of aliphatic hydroxyl groups is 1. The van der Waals surface area contributed by atoms with E-state index in [-0.39, 0.29) is 13.0 Å². The van der Waals surface area contributed by atoms with Crippen molar-refractivity contribution >= 4 is 23.6 Å². The second-order valence-corrected chi connectivity index (χ2v) is 5.79. The predicted molar refractivity (Wildman–Crippen MR) is 102 cm³/mol. The van der Waals surface area contributed by atoms with Gasteiger partial charge in [-0.25, -0.2) is 9.59 Å². The topological polar surface area (TPSA) is 123 Å². The third-order valence-corrected chi connectivity index (χ3v) is 4.05. The minimum Gasteiger partial charge on any atom is -0.453 e. The number of carbonyl (C=O) groups is 2. The van der Waals surface area contributed by atoms with Crippen LogP contribution >= 0.6 is 0 Å². The van der Waals surface area contributed by atoms with Crippen molar-refractivity contribution in [2.24, 2.45) is 5.73 Å².